The van der Waals surface area contributed by atoms with Crippen molar-refractivity contribution in [2.24, 2.45) is 0 Å². The second-order valence-corrected chi connectivity index (χ2v) is 4.91. The first-order valence-electron chi connectivity index (χ1n) is 5.29. The number of fused-ring (bicyclic) bond motifs is 3. The highest BCUT2D eigenvalue weighted by atomic mass is 32.3. The molecule has 0 saturated heterocycles. The van der Waals surface area contributed by atoms with Crippen LogP contribution >= 0.6 is 0 Å². The Hall–Kier alpha value is -2.15. The van der Waals surface area contributed by atoms with Gasteiger partial charge in [-0.3, -0.25) is 0 Å². The highest BCUT2D eigenvalue weighted by molar-refractivity contribution is 7.81. The minimum absolute atomic E-state index is 0.113. The van der Waals surface area contributed by atoms with Gasteiger partial charge in [0, 0.05) is 16.8 Å². The summed E-state index contributed by atoms with van der Waals surface area (Å²) < 4.78 is 51.4. The molecule has 0 bridgehead atoms. The van der Waals surface area contributed by atoms with E-state index in [0.29, 0.717) is 21.1 Å². The van der Waals surface area contributed by atoms with E-state index in [1.807, 2.05) is 0 Å². The van der Waals surface area contributed by atoms with Gasteiger partial charge in [0.05, 0.1) is 11.0 Å². The van der Waals surface area contributed by atoms with Crippen molar-refractivity contribution in [2.45, 2.75) is 0 Å². The molecule has 1 heterocycles. The third-order valence-electron chi connectivity index (χ3n) is 2.78. The normalized spacial score (nSPS) is 12.1. The van der Waals surface area contributed by atoms with Gasteiger partial charge in [-0.1, -0.05) is 26.6 Å². The second kappa shape index (κ2) is 3.92. The van der Waals surface area contributed by atoms with E-state index in [1.165, 1.54) is 12.1 Å². The van der Waals surface area contributed by atoms with Crippen LogP contribution in [0.1, 0.15) is 0 Å². The maximum atomic E-state index is 14.1. The smallest absolute Gasteiger partial charge is 0.358 e. The van der Waals surface area contributed by atoms with Gasteiger partial charge in [-0.15, -0.1) is 0 Å². The van der Waals surface area contributed by atoms with E-state index in [-0.39, 0.29) is 11.3 Å². The van der Waals surface area contributed by atoms with Crippen LogP contribution in [0.25, 0.3) is 21.8 Å². The number of aromatic nitrogens is 1. The third kappa shape index (κ3) is 2.01. The number of rotatable bonds is 2. The summed E-state index contributed by atoms with van der Waals surface area (Å²) >= 11 is 0. The Balaban J connectivity index is 2.29. The summed E-state index contributed by atoms with van der Waals surface area (Å²) in [5.74, 6) is -0.281. The molecule has 4 nitrogen and oxygen atoms in total. The molecule has 98 valence electrons. The minimum atomic E-state index is -5.12. The van der Waals surface area contributed by atoms with Gasteiger partial charge in [0.15, 0.2) is 0 Å². The van der Waals surface area contributed by atoms with Crippen molar-refractivity contribution in [3.8, 4) is 5.75 Å². The van der Waals surface area contributed by atoms with E-state index in [1.54, 1.807) is 24.3 Å². The molecule has 0 spiro atoms. The summed E-state index contributed by atoms with van der Waals surface area (Å²) in [6, 6.07) is 10.6. The highest BCUT2D eigenvalue weighted by Crippen LogP contribution is 2.31. The minimum Gasteiger partial charge on any atom is -0.358 e. The molecule has 0 unspecified atom stereocenters. The lowest BCUT2D eigenvalue weighted by Crippen LogP contribution is -2.00. The van der Waals surface area contributed by atoms with E-state index in [4.69, 9.17) is 0 Å². The van der Waals surface area contributed by atoms with Gasteiger partial charge in [0.1, 0.15) is 5.75 Å². The number of hydrogen-bond acceptors (Lipinski definition) is 3. The zero-order valence-corrected chi connectivity index (χ0v) is 10.2. The predicted octanol–water partition coefficient (Wildman–Crippen LogP) is 3.12. The van der Waals surface area contributed by atoms with E-state index in [0.717, 1.165) is 6.07 Å². The summed E-state index contributed by atoms with van der Waals surface area (Å²) in [6.45, 7) is 0. The van der Waals surface area contributed by atoms with Crippen molar-refractivity contribution in [1.29, 1.82) is 0 Å². The van der Waals surface area contributed by atoms with Crippen molar-refractivity contribution in [2.75, 3.05) is 0 Å². The third-order valence-corrected chi connectivity index (χ3v) is 3.17. The lowest BCUT2D eigenvalue weighted by molar-refractivity contribution is 0.404. The fourth-order valence-electron chi connectivity index (χ4n) is 2.07. The number of benzene rings is 2. The van der Waals surface area contributed by atoms with Crippen LogP contribution in [0.15, 0.2) is 42.5 Å². The molecule has 0 N–H and O–H groups in total. The quantitative estimate of drug-likeness (QED) is 0.679. The molecule has 3 rings (SSSR count). The Bertz CT molecular complexity index is 887. The molecular formula is C12H7F2NO3S. The summed E-state index contributed by atoms with van der Waals surface area (Å²) in [7, 11) is -5.12. The maximum Gasteiger partial charge on any atom is 0.488 e. The van der Waals surface area contributed by atoms with Crippen LogP contribution in [-0.4, -0.2) is 13.2 Å². The highest BCUT2D eigenvalue weighted by Gasteiger charge is 2.14. The molecule has 19 heavy (non-hydrogen) atoms. The average molecular weight is 283 g/mol. The van der Waals surface area contributed by atoms with Crippen LogP contribution < -0.4 is 4.18 Å². The Kier molecular flexibility index (Phi) is 2.46. The van der Waals surface area contributed by atoms with Crippen LogP contribution in [0.2, 0.25) is 0 Å². The molecule has 0 aliphatic carbocycles. The Labute approximate surface area is 107 Å². The molecule has 0 aliphatic rings. The molecule has 2 aromatic carbocycles. The Morgan fingerprint density at radius 3 is 2.42 bits per heavy atom. The maximum absolute atomic E-state index is 14.1. The molecule has 0 aliphatic heterocycles. The van der Waals surface area contributed by atoms with Crippen molar-refractivity contribution in [1.82, 2.24) is 4.79 Å². The zero-order valence-electron chi connectivity index (χ0n) is 9.38. The lowest BCUT2D eigenvalue weighted by atomic mass is 10.1. The van der Waals surface area contributed by atoms with Gasteiger partial charge in [-0.25, -0.2) is 0 Å². The van der Waals surface area contributed by atoms with Gasteiger partial charge in [0.2, 0.25) is 0 Å². The fraction of sp³-hybridized carbons (Fsp3) is 0. The SMILES string of the molecule is O=S(=O)(F)Oc1ccc2c3ccccc3n(F)c2c1. The topological polar surface area (TPSA) is 48.3 Å². The van der Waals surface area contributed by atoms with Crippen LogP contribution in [-0.2, 0) is 10.5 Å². The molecule has 0 amide bonds. The van der Waals surface area contributed by atoms with Crippen molar-refractivity contribution in [3.63, 3.8) is 0 Å². The van der Waals surface area contributed by atoms with Crippen LogP contribution in [0, 0.1) is 0 Å². The Morgan fingerprint density at radius 1 is 1.00 bits per heavy atom. The van der Waals surface area contributed by atoms with Gasteiger partial charge in [0.25, 0.3) is 0 Å². The summed E-state index contributed by atoms with van der Waals surface area (Å²) in [6.07, 6.45) is 0. The molecule has 0 fully saturated rings. The van der Waals surface area contributed by atoms with Crippen LogP contribution in [0.3, 0.4) is 0 Å². The molecule has 1 aromatic heterocycles. The number of hydrogen-bond donors (Lipinski definition) is 0. The van der Waals surface area contributed by atoms with E-state index in [9.17, 15) is 16.8 Å². The molecule has 0 radical (unpaired) electrons. The summed E-state index contributed by atoms with van der Waals surface area (Å²) in [5, 5.41) is 1.26. The van der Waals surface area contributed by atoms with Crippen molar-refractivity contribution >= 4 is 32.3 Å². The lowest BCUT2D eigenvalue weighted by Gasteiger charge is -2.00. The standard InChI is InChI=1S/C12H7F2NO3S/c13-15-11-4-2-1-3-9(11)10-6-5-8(7-12(10)15)18-19(14,16)17/h1-7H. The monoisotopic (exact) mass is 283 g/mol. The van der Waals surface area contributed by atoms with E-state index < -0.39 is 10.5 Å². The van der Waals surface area contributed by atoms with E-state index >= 15 is 0 Å². The van der Waals surface area contributed by atoms with Gasteiger partial charge >= 0.3 is 10.5 Å². The van der Waals surface area contributed by atoms with Crippen molar-refractivity contribution in [3.05, 3.63) is 42.5 Å². The average Bonchev–Trinajstić information content (AvgIpc) is 2.62. The number of halogens is 2. The first-order chi connectivity index (χ1) is 8.96. The van der Waals surface area contributed by atoms with Crippen molar-refractivity contribution < 1.29 is 21.0 Å². The first kappa shape index (κ1) is 11.9. The summed E-state index contributed by atoms with van der Waals surface area (Å²) in [5.41, 5.74) is 0.458. The van der Waals surface area contributed by atoms with Gasteiger partial charge in [-0.2, -0.15) is 13.2 Å². The van der Waals surface area contributed by atoms with Gasteiger partial charge < -0.3 is 4.18 Å². The zero-order chi connectivity index (χ0) is 13.6. The fourth-order valence-corrected chi connectivity index (χ4v) is 2.40. The second-order valence-electron chi connectivity index (χ2n) is 3.95. The number of nitrogens with zero attached hydrogens (tertiary/aromatic N) is 1. The van der Waals surface area contributed by atoms with Crippen LogP contribution in [0.4, 0.5) is 8.37 Å². The predicted molar refractivity (Wildman–Crippen MR) is 66.6 cm³/mol. The molecule has 3 aromatic rings. The van der Waals surface area contributed by atoms with Crippen LogP contribution in [0.5, 0.6) is 5.75 Å². The summed E-state index contributed by atoms with van der Waals surface area (Å²) in [4.78, 5) is 0.405. The molecule has 7 heteroatoms. The largest absolute Gasteiger partial charge is 0.488 e. The molecule has 0 saturated carbocycles. The number of para-hydroxylation sites is 1. The molecule has 0 atom stereocenters. The molecular weight excluding hydrogens is 276 g/mol. The Morgan fingerprint density at radius 2 is 1.68 bits per heavy atom. The first-order valence-corrected chi connectivity index (χ1v) is 6.60. The van der Waals surface area contributed by atoms with E-state index in [2.05, 4.69) is 4.18 Å². The van der Waals surface area contributed by atoms with Gasteiger partial charge in [-0.05, 0) is 18.2 Å².